The average molecular weight is 481 g/mol. The van der Waals surface area contributed by atoms with Gasteiger partial charge in [0.25, 0.3) is 5.91 Å². The molecule has 0 radical (unpaired) electrons. The second-order valence-corrected chi connectivity index (χ2v) is 9.71. The first-order chi connectivity index (χ1) is 15.7. The number of nitrogens with zero attached hydrogens (tertiary/aromatic N) is 3. The molecule has 180 valence electrons. The van der Waals surface area contributed by atoms with E-state index in [9.17, 15) is 22.0 Å². The third-order valence-corrected chi connectivity index (χ3v) is 7.94. The number of carbonyl (C=O) groups excluding carboxylic acids is 1. The summed E-state index contributed by atoms with van der Waals surface area (Å²) >= 11 is 0. The fraction of sp³-hybridized carbons (Fsp3) is 0.435. The van der Waals surface area contributed by atoms with Gasteiger partial charge in [0.05, 0.1) is 21.8 Å². The number of benzene rings is 2. The van der Waals surface area contributed by atoms with Gasteiger partial charge in [-0.2, -0.15) is 4.31 Å². The minimum Gasteiger partial charge on any atom is -0.367 e. The van der Waals surface area contributed by atoms with E-state index < -0.39 is 27.6 Å². The predicted octanol–water partition coefficient (Wildman–Crippen LogP) is 3.39. The molecule has 0 bridgehead atoms. The fourth-order valence-corrected chi connectivity index (χ4v) is 5.42. The number of hydrogen-bond donors (Lipinski definition) is 1. The van der Waals surface area contributed by atoms with Gasteiger partial charge in [0, 0.05) is 45.3 Å². The molecule has 1 aliphatic heterocycles. The van der Waals surface area contributed by atoms with E-state index >= 15 is 0 Å². The molecule has 7 nitrogen and oxygen atoms in total. The largest absolute Gasteiger partial charge is 0.367 e. The molecule has 1 amide bonds. The molecule has 1 saturated heterocycles. The Morgan fingerprint density at radius 1 is 1.00 bits per heavy atom. The van der Waals surface area contributed by atoms with Gasteiger partial charge in [0.1, 0.15) is 11.6 Å². The average Bonchev–Trinajstić information content (AvgIpc) is 2.79. The van der Waals surface area contributed by atoms with Crippen LogP contribution in [0.5, 0.6) is 0 Å². The summed E-state index contributed by atoms with van der Waals surface area (Å²) < 4.78 is 54.9. The lowest BCUT2D eigenvalue weighted by Gasteiger charge is -2.36. The number of rotatable bonds is 8. The SMILES string of the molecule is CCN1CCN(c2ccc(S(=O)(=O)N(CC)CC)cc2NC(=O)c2ccc(F)cc2F)CC1. The molecular weight excluding hydrogens is 450 g/mol. The number of halogens is 2. The summed E-state index contributed by atoms with van der Waals surface area (Å²) in [6.45, 7) is 10.2. The van der Waals surface area contributed by atoms with Gasteiger partial charge in [-0.25, -0.2) is 17.2 Å². The number of sulfonamides is 1. The summed E-state index contributed by atoms with van der Waals surface area (Å²) in [6, 6.07) is 7.33. The van der Waals surface area contributed by atoms with E-state index in [0.29, 0.717) is 37.9 Å². The summed E-state index contributed by atoms with van der Waals surface area (Å²) in [6.07, 6.45) is 0. The van der Waals surface area contributed by atoms with Gasteiger partial charge < -0.3 is 15.1 Å². The molecule has 0 spiro atoms. The molecule has 0 unspecified atom stereocenters. The highest BCUT2D eigenvalue weighted by Gasteiger charge is 2.26. The Kier molecular flexibility index (Phi) is 8.04. The predicted molar refractivity (Wildman–Crippen MR) is 125 cm³/mol. The van der Waals surface area contributed by atoms with Crippen LogP contribution in [-0.2, 0) is 10.0 Å². The van der Waals surface area contributed by atoms with Crippen molar-refractivity contribution in [3.05, 3.63) is 53.6 Å². The fourth-order valence-electron chi connectivity index (χ4n) is 3.93. The van der Waals surface area contributed by atoms with Crippen molar-refractivity contribution in [1.82, 2.24) is 9.21 Å². The second kappa shape index (κ2) is 10.6. The van der Waals surface area contributed by atoms with Gasteiger partial charge in [-0.1, -0.05) is 20.8 Å². The molecule has 33 heavy (non-hydrogen) atoms. The summed E-state index contributed by atoms with van der Waals surface area (Å²) in [4.78, 5) is 17.2. The molecule has 1 aliphatic rings. The van der Waals surface area contributed by atoms with E-state index in [1.165, 1.54) is 16.4 Å². The van der Waals surface area contributed by atoms with Crippen molar-refractivity contribution in [2.45, 2.75) is 25.7 Å². The number of anilines is 2. The molecular formula is C23H30F2N4O3S. The van der Waals surface area contributed by atoms with Crippen LogP contribution in [0.15, 0.2) is 41.3 Å². The van der Waals surface area contributed by atoms with Crippen LogP contribution in [0.3, 0.4) is 0 Å². The van der Waals surface area contributed by atoms with Gasteiger partial charge in [-0.05, 0) is 36.9 Å². The zero-order chi connectivity index (χ0) is 24.2. The monoisotopic (exact) mass is 480 g/mol. The summed E-state index contributed by atoms with van der Waals surface area (Å²) in [5, 5.41) is 2.66. The standard InChI is InChI=1S/C23H30F2N4O3S/c1-4-27-11-13-28(14-12-27)22-10-8-18(33(31,32)29(5-2)6-3)16-21(22)26-23(30)19-9-7-17(24)15-20(19)25/h7-10,15-16H,4-6,11-14H2,1-3H3,(H,26,30). The molecule has 1 fully saturated rings. The molecule has 10 heteroatoms. The van der Waals surface area contributed by atoms with E-state index in [1.807, 2.05) is 0 Å². The highest BCUT2D eigenvalue weighted by molar-refractivity contribution is 7.89. The van der Waals surface area contributed by atoms with Crippen molar-refractivity contribution in [1.29, 1.82) is 0 Å². The van der Waals surface area contributed by atoms with Crippen LogP contribution in [-0.4, -0.2) is 69.3 Å². The van der Waals surface area contributed by atoms with Gasteiger partial charge >= 0.3 is 0 Å². The Morgan fingerprint density at radius 3 is 2.24 bits per heavy atom. The van der Waals surface area contributed by atoms with Crippen LogP contribution in [0.1, 0.15) is 31.1 Å². The molecule has 0 saturated carbocycles. The van der Waals surface area contributed by atoms with Crippen LogP contribution in [0.2, 0.25) is 0 Å². The Labute approximate surface area is 194 Å². The van der Waals surface area contributed by atoms with E-state index in [0.717, 1.165) is 31.8 Å². The van der Waals surface area contributed by atoms with Crippen molar-refractivity contribution < 1.29 is 22.0 Å². The Balaban J connectivity index is 2.00. The van der Waals surface area contributed by atoms with Gasteiger partial charge in [0.15, 0.2) is 0 Å². The van der Waals surface area contributed by atoms with Crippen molar-refractivity contribution in [3.8, 4) is 0 Å². The van der Waals surface area contributed by atoms with Crippen molar-refractivity contribution in [3.63, 3.8) is 0 Å². The quantitative estimate of drug-likeness (QED) is 0.627. The normalized spacial score (nSPS) is 15.2. The van der Waals surface area contributed by atoms with Gasteiger partial charge in [0.2, 0.25) is 10.0 Å². The first-order valence-corrected chi connectivity index (χ1v) is 12.5. The highest BCUT2D eigenvalue weighted by atomic mass is 32.2. The third kappa shape index (κ3) is 5.51. The third-order valence-electron chi connectivity index (χ3n) is 5.90. The molecule has 0 aliphatic carbocycles. The first-order valence-electron chi connectivity index (χ1n) is 11.1. The van der Waals surface area contributed by atoms with Gasteiger partial charge in [-0.3, -0.25) is 4.79 Å². The molecule has 0 aromatic heterocycles. The summed E-state index contributed by atoms with van der Waals surface area (Å²) in [5.74, 6) is -2.55. The minimum atomic E-state index is -3.77. The maximum absolute atomic E-state index is 14.2. The lowest BCUT2D eigenvalue weighted by molar-refractivity contribution is 0.102. The number of hydrogen-bond acceptors (Lipinski definition) is 5. The van der Waals surface area contributed by atoms with Crippen LogP contribution in [0, 0.1) is 11.6 Å². The minimum absolute atomic E-state index is 0.0389. The highest BCUT2D eigenvalue weighted by Crippen LogP contribution is 2.31. The van der Waals surface area contributed by atoms with Crippen LogP contribution >= 0.6 is 0 Å². The lowest BCUT2D eigenvalue weighted by atomic mass is 10.1. The van der Waals surface area contributed by atoms with Crippen molar-refractivity contribution in [2.75, 3.05) is 56.0 Å². The molecule has 2 aromatic rings. The maximum atomic E-state index is 14.2. The topological polar surface area (TPSA) is 73.0 Å². The van der Waals surface area contributed by atoms with Crippen molar-refractivity contribution in [2.24, 2.45) is 0 Å². The first kappa shape index (κ1) is 25.1. The lowest BCUT2D eigenvalue weighted by Crippen LogP contribution is -2.46. The van der Waals surface area contributed by atoms with Crippen molar-refractivity contribution >= 4 is 27.3 Å². The second-order valence-electron chi connectivity index (χ2n) is 7.77. The molecule has 1 N–H and O–H groups in total. The van der Waals surface area contributed by atoms with E-state index in [1.54, 1.807) is 19.9 Å². The number of nitrogens with one attached hydrogen (secondary N) is 1. The number of likely N-dealkylation sites (N-methyl/N-ethyl adjacent to an activating group) is 1. The Hall–Kier alpha value is -2.56. The van der Waals surface area contributed by atoms with E-state index in [4.69, 9.17) is 0 Å². The molecule has 3 rings (SSSR count). The number of piperazine rings is 1. The zero-order valence-electron chi connectivity index (χ0n) is 19.1. The van der Waals surface area contributed by atoms with Crippen LogP contribution < -0.4 is 10.2 Å². The summed E-state index contributed by atoms with van der Waals surface area (Å²) in [7, 11) is -3.77. The Bertz CT molecular complexity index is 1100. The molecule has 1 heterocycles. The van der Waals surface area contributed by atoms with E-state index in [2.05, 4.69) is 22.0 Å². The van der Waals surface area contributed by atoms with E-state index in [-0.39, 0.29) is 16.1 Å². The van der Waals surface area contributed by atoms with Crippen LogP contribution in [0.4, 0.5) is 20.2 Å². The zero-order valence-corrected chi connectivity index (χ0v) is 20.0. The van der Waals surface area contributed by atoms with Gasteiger partial charge in [-0.15, -0.1) is 0 Å². The number of carbonyl (C=O) groups is 1. The number of amides is 1. The molecule has 2 aromatic carbocycles. The smallest absolute Gasteiger partial charge is 0.258 e. The Morgan fingerprint density at radius 2 is 1.67 bits per heavy atom. The summed E-state index contributed by atoms with van der Waals surface area (Å²) in [5.41, 5.74) is 0.595. The maximum Gasteiger partial charge on any atom is 0.258 e. The van der Waals surface area contributed by atoms with Crippen LogP contribution in [0.25, 0.3) is 0 Å². The molecule has 0 atom stereocenters.